The largest absolute Gasteiger partial charge is 0.456 e. The molecule has 0 atom stereocenters. The fourth-order valence-corrected chi connectivity index (χ4v) is 15.2. The van der Waals surface area contributed by atoms with Crippen LogP contribution in [0.1, 0.15) is 0 Å². The fraction of sp³-hybridized carbons (Fsp3) is 0. The third-order valence-corrected chi connectivity index (χ3v) is 18.4. The molecule has 324 valence electrons. The molecular formula is C63H42N4OSi. The van der Waals surface area contributed by atoms with Crippen LogP contribution in [-0.4, -0.2) is 27.6 Å². The lowest BCUT2D eigenvalue weighted by Gasteiger charge is -2.34. The molecule has 69 heavy (non-hydrogen) atoms. The van der Waals surface area contributed by atoms with Gasteiger partial charge in [-0.25, -0.2) is 15.0 Å². The van der Waals surface area contributed by atoms with Gasteiger partial charge < -0.3 is 8.98 Å². The average Bonchev–Trinajstić information content (AvgIpc) is 3.98. The Bertz CT molecular complexity index is 3850. The van der Waals surface area contributed by atoms with Gasteiger partial charge in [0.05, 0.1) is 16.7 Å². The zero-order valence-electron chi connectivity index (χ0n) is 37.4. The Balaban J connectivity index is 0.979. The molecule has 0 spiro atoms. The number of furan rings is 1. The van der Waals surface area contributed by atoms with Crippen LogP contribution in [0.2, 0.25) is 0 Å². The first-order valence-electron chi connectivity index (χ1n) is 23.3. The highest BCUT2D eigenvalue weighted by molar-refractivity contribution is 7.19. The third-order valence-electron chi connectivity index (χ3n) is 13.7. The number of rotatable bonds is 9. The number of benzene rings is 10. The SMILES string of the molecule is c1ccc([Si](c2ccccc2)(c2ccccc2)c2ccc(-c3nc(-c4ccc(-c5ccc6oc7ccccc7c6c5)cc4)nc(-c4ccccc4-n4c5ccccc5c5ccccc54)n3)cc2)cc1. The van der Waals surface area contributed by atoms with Crippen molar-refractivity contribution < 1.29 is 4.42 Å². The van der Waals surface area contributed by atoms with Gasteiger partial charge in [0.2, 0.25) is 0 Å². The molecule has 0 unspecified atom stereocenters. The van der Waals surface area contributed by atoms with E-state index >= 15 is 0 Å². The zero-order valence-corrected chi connectivity index (χ0v) is 38.4. The summed E-state index contributed by atoms with van der Waals surface area (Å²) in [5.74, 6) is 1.80. The summed E-state index contributed by atoms with van der Waals surface area (Å²) in [6, 6.07) is 90.9. The molecule has 3 aromatic heterocycles. The molecule has 0 aliphatic heterocycles. The molecule has 0 radical (unpaired) electrons. The van der Waals surface area contributed by atoms with Crippen LogP contribution in [0.5, 0.6) is 0 Å². The van der Waals surface area contributed by atoms with Crippen molar-refractivity contribution in [1.82, 2.24) is 19.5 Å². The van der Waals surface area contributed by atoms with Crippen LogP contribution in [-0.2, 0) is 0 Å². The van der Waals surface area contributed by atoms with E-state index in [0.29, 0.717) is 17.5 Å². The Kier molecular flexibility index (Phi) is 9.77. The second kappa shape index (κ2) is 16.7. The Morgan fingerprint density at radius 2 is 0.725 bits per heavy atom. The molecule has 5 nitrogen and oxygen atoms in total. The van der Waals surface area contributed by atoms with Crippen LogP contribution in [0.4, 0.5) is 0 Å². The second-order valence-corrected chi connectivity index (χ2v) is 21.3. The predicted octanol–water partition coefficient (Wildman–Crippen LogP) is 12.9. The summed E-state index contributed by atoms with van der Waals surface area (Å²) in [7, 11) is -2.75. The Morgan fingerprint density at radius 3 is 1.32 bits per heavy atom. The lowest BCUT2D eigenvalue weighted by Crippen LogP contribution is -2.74. The number of aromatic nitrogens is 4. The van der Waals surface area contributed by atoms with Crippen LogP contribution in [0.15, 0.2) is 259 Å². The molecule has 3 heterocycles. The second-order valence-electron chi connectivity index (χ2n) is 17.5. The minimum absolute atomic E-state index is 0.597. The Hall–Kier alpha value is -8.97. The van der Waals surface area contributed by atoms with Crippen molar-refractivity contribution in [2.45, 2.75) is 0 Å². The van der Waals surface area contributed by atoms with Crippen molar-refractivity contribution in [2.75, 3.05) is 0 Å². The van der Waals surface area contributed by atoms with E-state index in [2.05, 4.69) is 247 Å². The highest BCUT2D eigenvalue weighted by atomic mass is 28.3. The molecule has 0 aliphatic carbocycles. The number of hydrogen-bond donors (Lipinski definition) is 0. The van der Waals surface area contributed by atoms with E-state index in [1.807, 2.05) is 12.1 Å². The van der Waals surface area contributed by atoms with Crippen LogP contribution >= 0.6 is 0 Å². The molecule has 10 aromatic carbocycles. The first kappa shape index (κ1) is 40.3. The maximum absolute atomic E-state index is 6.15. The summed E-state index contributed by atoms with van der Waals surface area (Å²) < 4.78 is 8.49. The van der Waals surface area contributed by atoms with Gasteiger partial charge in [0.1, 0.15) is 11.2 Å². The lowest BCUT2D eigenvalue weighted by atomic mass is 10.0. The van der Waals surface area contributed by atoms with Gasteiger partial charge in [-0.2, -0.15) is 0 Å². The lowest BCUT2D eigenvalue weighted by molar-refractivity contribution is 0.669. The van der Waals surface area contributed by atoms with Gasteiger partial charge in [0.15, 0.2) is 25.5 Å². The van der Waals surface area contributed by atoms with Gasteiger partial charge >= 0.3 is 0 Å². The van der Waals surface area contributed by atoms with Crippen LogP contribution in [0.25, 0.3) is 94.7 Å². The number of fused-ring (bicyclic) bond motifs is 6. The molecule has 0 saturated heterocycles. The standard InChI is InChI=1S/C63H42N4OSi/c1-4-18-47(19-5-1)69(48-20-6-2-7-21-48,49-22-8-3-9-23-49)50-39-36-45(37-40-50)62-64-61(44-34-32-43(33-35-44)46-38-41-60-55(42-46)53-26-13-17-31-59(53)68-60)65-63(66-62)54-27-12-16-30-58(54)67-56-28-14-10-24-51(56)52-25-11-15-29-57(52)67/h1-42H. The minimum atomic E-state index is -2.75. The summed E-state index contributed by atoms with van der Waals surface area (Å²) in [5.41, 5.74) is 9.93. The van der Waals surface area contributed by atoms with E-state index in [4.69, 9.17) is 19.4 Å². The number of para-hydroxylation sites is 4. The van der Waals surface area contributed by atoms with Gasteiger partial charge in [-0.3, -0.25) is 0 Å². The minimum Gasteiger partial charge on any atom is -0.456 e. The maximum atomic E-state index is 6.15. The summed E-state index contributed by atoms with van der Waals surface area (Å²) >= 11 is 0. The van der Waals surface area contributed by atoms with E-state index in [0.717, 1.165) is 66.5 Å². The molecule has 0 amide bonds. The molecule has 6 heteroatoms. The van der Waals surface area contributed by atoms with Gasteiger partial charge in [-0.15, -0.1) is 0 Å². The molecule has 0 saturated carbocycles. The molecule has 0 bridgehead atoms. The van der Waals surface area contributed by atoms with Crippen LogP contribution in [0, 0.1) is 0 Å². The summed E-state index contributed by atoms with van der Waals surface area (Å²) in [6.07, 6.45) is 0. The molecule has 13 aromatic rings. The molecule has 0 fully saturated rings. The van der Waals surface area contributed by atoms with E-state index in [1.54, 1.807) is 0 Å². The van der Waals surface area contributed by atoms with E-state index < -0.39 is 8.07 Å². The first-order valence-corrected chi connectivity index (χ1v) is 25.3. The van der Waals surface area contributed by atoms with Crippen molar-refractivity contribution in [2.24, 2.45) is 0 Å². The molecule has 0 N–H and O–H groups in total. The number of hydrogen-bond acceptors (Lipinski definition) is 4. The maximum Gasteiger partial charge on any atom is 0.179 e. The van der Waals surface area contributed by atoms with E-state index in [1.165, 1.54) is 31.5 Å². The van der Waals surface area contributed by atoms with Crippen molar-refractivity contribution in [3.05, 3.63) is 255 Å². The Morgan fingerprint density at radius 1 is 0.304 bits per heavy atom. The normalized spacial score (nSPS) is 11.8. The highest BCUT2D eigenvalue weighted by Crippen LogP contribution is 2.37. The van der Waals surface area contributed by atoms with Crippen LogP contribution < -0.4 is 20.7 Å². The topological polar surface area (TPSA) is 56.7 Å². The van der Waals surface area contributed by atoms with Crippen molar-refractivity contribution in [3.8, 4) is 51.0 Å². The average molecular weight is 899 g/mol. The summed E-state index contributed by atoms with van der Waals surface area (Å²) in [6.45, 7) is 0. The molecule has 0 aliphatic rings. The Labute approximate surface area is 400 Å². The van der Waals surface area contributed by atoms with E-state index in [-0.39, 0.29) is 0 Å². The van der Waals surface area contributed by atoms with Gasteiger partial charge in [0.25, 0.3) is 0 Å². The first-order chi connectivity index (χ1) is 34.2. The van der Waals surface area contributed by atoms with Crippen molar-refractivity contribution in [3.63, 3.8) is 0 Å². The predicted molar refractivity (Wildman–Crippen MR) is 287 cm³/mol. The monoisotopic (exact) mass is 898 g/mol. The van der Waals surface area contributed by atoms with Crippen LogP contribution in [0.3, 0.4) is 0 Å². The van der Waals surface area contributed by atoms with Crippen molar-refractivity contribution in [1.29, 1.82) is 0 Å². The zero-order chi connectivity index (χ0) is 45.7. The summed E-state index contributed by atoms with van der Waals surface area (Å²) in [4.78, 5) is 16.0. The van der Waals surface area contributed by atoms with E-state index in [9.17, 15) is 0 Å². The highest BCUT2D eigenvalue weighted by Gasteiger charge is 2.41. The van der Waals surface area contributed by atoms with Gasteiger partial charge in [-0.05, 0) is 74.3 Å². The smallest absolute Gasteiger partial charge is 0.179 e. The molecular weight excluding hydrogens is 857 g/mol. The van der Waals surface area contributed by atoms with Gasteiger partial charge in [0, 0.05) is 38.2 Å². The molecule has 13 rings (SSSR count). The van der Waals surface area contributed by atoms with Gasteiger partial charge in [-0.1, -0.05) is 212 Å². The fourth-order valence-electron chi connectivity index (χ4n) is 10.4. The number of nitrogens with zero attached hydrogens (tertiary/aromatic N) is 4. The summed E-state index contributed by atoms with van der Waals surface area (Å²) in [5, 5.41) is 9.84. The van der Waals surface area contributed by atoms with Crippen molar-refractivity contribution >= 4 is 72.6 Å². The quantitative estimate of drug-likeness (QED) is 0.107. The third kappa shape index (κ3) is 6.80.